The number of nitrogens with one attached hydrogen (secondary N) is 4. The summed E-state index contributed by atoms with van der Waals surface area (Å²) in [5.41, 5.74) is -0.447. The molecule has 2 atom stereocenters. The van der Waals surface area contributed by atoms with Crippen molar-refractivity contribution in [3.8, 4) is 5.75 Å². The number of aromatic nitrogens is 2. The minimum absolute atomic E-state index is 0.00603. The average Bonchev–Trinajstić information content (AvgIpc) is 3.62. The molecule has 2 aromatic carbocycles. The van der Waals surface area contributed by atoms with Gasteiger partial charge in [0.2, 0.25) is 17.8 Å². The predicted octanol–water partition coefficient (Wildman–Crippen LogP) is 6.86. The van der Waals surface area contributed by atoms with Gasteiger partial charge in [-0.2, -0.15) is 13.2 Å². The fourth-order valence-corrected chi connectivity index (χ4v) is 6.71. The van der Waals surface area contributed by atoms with Gasteiger partial charge in [-0.3, -0.25) is 29.4 Å². The Hall–Kier alpha value is -6.14. The zero-order chi connectivity index (χ0) is 40.9. The molecule has 1 saturated heterocycles. The van der Waals surface area contributed by atoms with Crippen molar-refractivity contribution in [1.29, 1.82) is 0 Å². The number of rotatable bonds is 16. The van der Waals surface area contributed by atoms with Crippen LogP contribution in [0.2, 0.25) is 0 Å². The van der Waals surface area contributed by atoms with Crippen LogP contribution in [-0.4, -0.2) is 69.9 Å². The minimum Gasteiger partial charge on any atom is -0.493 e. The van der Waals surface area contributed by atoms with E-state index in [1.807, 2.05) is 0 Å². The lowest BCUT2D eigenvalue weighted by Crippen LogP contribution is -2.54. The number of nitrogens with zero attached hydrogens (tertiary/aromatic N) is 3. The zero-order valence-corrected chi connectivity index (χ0v) is 30.6. The topological polar surface area (TPSA) is 185 Å². The number of hydrogen-bond acceptors (Lipinski definition) is 10. The summed E-state index contributed by atoms with van der Waals surface area (Å²) in [6.45, 7) is 2.09. The third kappa shape index (κ3) is 9.29. The summed E-state index contributed by atoms with van der Waals surface area (Å²) in [5.74, 6) is -4.75. The van der Waals surface area contributed by atoms with Crippen molar-refractivity contribution >= 4 is 52.3 Å². The van der Waals surface area contributed by atoms with Gasteiger partial charge in [0.05, 0.1) is 35.8 Å². The lowest BCUT2D eigenvalue weighted by atomic mass is 10.0. The van der Waals surface area contributed by atoms with Gasteiger partial charge in [0.15, 0.2) is 17.4 Å². The van der Waals surface area contributed by atoms with Crippen molar-refractivity contribution in [3.05, 3.63) is 76.8 Å². The number of amides is 6. The fourth-order valence-electron chi connectivity index (χ4n) is 6.71. The number of carbonyl (C=O) groups excluding carboxylic acids is 5. The predicted molar refractivity (Wildman–Crippen MR) is 193 cm³/mol. The van der Waals surface area contributed by atoms with Crippen molar-refractivity contribution in [3.63, 3.8) is 0 Å². The Kier molecular flexibility index (Phi) is 12.3. The first kappa shape index (κ1) is 40.5. The molecule has 0 spiro atoms. The SMILES string of the molecule is Cc1c([C@@H](NC(=O)Nc2cnc(NCCCCCCCCCOc3cccc4c3C(=O)N(C3CCC(=O)NC3=O)C4=O)nc2)C(F)(F)F)oc2c(F)cc(F)cc12. The molecule has 4 heterocycles. The summed E-state index contributed by atoms with van der Waals surface area (Å²) in [7, 11) is 0. The lowest BCUT2D eigenvalue weighted by molar-refractivity contribution is -0.158. The van der Waals surface area contributed by atoms with E-state index in [1.54, 1.807) is 17.4 Å². The Bertz CT molecular complexity index is 2180. The molecule has 302 valence electrons. The Balaban J connectivity index is 0.859. The maximum Gasteiger partial charge on any atom is 0.416 e. The number of piperidine rings is 1. The van der Waals surface area contributed by atoms with Gasteiger partial charge in [0.25, 0.3) is 11.8 Å². The summed E-state index contributed by atoms with van der Waals surface area (Å²) < 4.78 is 80.7. The molecule has 1 fully saturated rings. The number of hydrogen-bond donors (Lipinski definition) is 4. The summed E-state index contributed by atoms with van der Waals surface area (Å²) in [6.07, 6.45) is 3.74. The van der Waals surface area contributed by atoms with Crippen LogP contribution in [0.25, 0.3) is 11.0 Å². The van der Waals surface area contributed by atoms with Gasteiger partial charge in [0, 0.05) is 30.0 Å². The molecule has 0 saturated carbocycles. The molecule has 4 N–H and O–H groups in total. The molecule has 14 nitrogen and oxygen atoms in total. The Morgan fingerprint density at radius 3 is 2.40 bits per heavy atom. The van der Waals surface area contributed by atoms with Crippen LogP contribution in [0, 0.1) is 18.6 Å². The highest BCUT2D eigenvalue weighted by Crippen LogP contribution is 2.39. The third-order valence-corrected chi connectivity index (χ3v) is 9.56. The first-order valence-electron chi connectivity index (χ1n) is 18.3. The largest absolute Gasteiger partial charge is 0.493 e. The van der Waals surface area contributed by atoms with Crippen LogP contribution in [0.5, 0.6) is 5.75 Å². The molecule has 57 heavy (non-hydrogen) atoms. The van der Waals surface area contributed by atoms with Crippen LogP contribution in [-0.2, 0) is 9.59 Å². The van der Waals surface area contributed by atoms with Gasteiger partial charge in [0.1, 0.15) is 23.4 Å². The molecule has 19 heteroatoms. The van der Waals surface area contributed by atoms with Crippen molar-refractivity contribution < 1.29 is 55.1 Å². The number of furan rings is 1. The van der Waals surface area contributed by atoms with Crippen LogP contribution in [0.3, 0.4) is 0 Å². The Morgan fingerprint density at radius 1 is 1.00 bits per heavy atom. The van der Waals surface area contributed by atoms with E-state index < -0.39 is 70.9 Å². The monoisotopic (exact) mass is 799 g/mol. The molecule has 2 aliphatic rings. The average molecular weight is 800 g/mol. The number of unbranched alkanes of at least 4 members (excludes halogenated alkanes) is 6. The minimum atomic E-state index is -5.03. The van der Waals surface area contributed by atoms with E-state index in [0.717, 1.165) is 55.9 Å². The maximum absolute atomic E-state index is 14.2. The summed E-state index contributed by atoms with van der Waals surface area (Å²) in [6, 6.07) is 1.12. The maximum atomic E-state index is 14.2. The van der Waals surface area contributed by atoms with E-state index in [0.29, 0.717) is 19.2 Å². The molecular formula is C38H38F5N7O7. The van der Waals surface area contributed by atoms with Crippen molar-refractivity contribution in [2.45, 2.75) is 83.0 Å². The normalized spacial score (nSPS) is 16.1. The second kappa shape index (κ2) is 17.3. The number of fused-ring (bicyclic) bond motifs is 2. The first-order valence-corrected chi connectivity index (χ1v) is 18.3. The highest BCUT2D eigenvalue weighted by molar-refractivity contribution is 6.24. The number of carbonyl (C=O) groups is 5. The summed E-state index contributed by atoms with van der Waals surface area (Å²) in [4.78, 5) is 71.6. The van der Waals surface area contributed by atoms with Gasteiger partial charge < -0.3 is 25.1 Å². The second-order valence-electron chi connectivity index (χ2n) is 13.6. The van der Waals surface area contributed by atoms with Gasteiger partial charge in [-0.15, -0.1) is 0 Å². The number of anilines is 2. The molecule has 1 unspecified atom stereocenters. The number of imide groups is 2. The number of urea groups is 1. The summed E-state index contributed by atoms with van der Waals surface area (Å²) >= 11 is 0. The molecule has 4 aromatic rings. The molecule has 6 rings (SSSR count). The summed E-state index contributed by atoms with van der Waals surface area (Å²) in [5, 5.41) is 9.03. The van der Waals surface area contributed by atoms with E-state index in [2.05, 4.69) is 25.9 Å². The van der Waals surface area contributed by atoms with Crippen LogP contribution in [0.4, 0.5) is 38.4 Å². The van der Waals surface area contributed by atoms with Crippen molar-refractivity contribution in [2.75, 3.05) is 23.8 Å². The first-order chi connectivity index (χ1) is 27.2. The quantitative estimate of drug-likeness (QED) is 0.0531. The number of benzene rings is 2. The molecule has 2 aliphatic heterocycles. The zero-order valence-electron chi connectivity index (χ0n) is 30.6. The highest BCUT2D eigenvalue weighted by Gasteiger charge is 2.47. The Labute approximate surface area is 321 Å². The molecular weight excluding hydrogens is 761 g/mol. The van der Waals surface area contributed by atoms with Gasteiger partial charge in [-0.05, 0) is 44.4 Å². The lowest BCUT2D eigenvalue weighted by Gasteiger charge is -2.27. The molecule has 0 bridgehead atoms. The second-order valence-corrected chi connectivity index (χ2v) is 13.6. The van der Waals surface area contributed by atoms with Crippen LogP contribution >= 0.6 is 0 Å². The van der Waals surface area contributed by atoms with E-state index in [4.69, 9.17) is 9.15 Å². The van der Waals surface area contributed by atoms with Crippen LogP contribution in [0.15, 0.2) is 47.1 Å². The number of aryl methyl sites for hydroxylation is 1. The number of alkyl halides is 3. The molecule has 0 radical (unpaired) electrons. The van der Waals surface area contributed by atoms with E-state index in [9.17, 15) is 45.9 Å². The van der Waals surface area contributed by atoms with Gasteiger partial charge >= 0.3 is 12.2 Å². The molecule has 0 aliphatic carbocycles. The van der Waals surface area contributed by atoms with Gasteiger partial charge in [-0.25, -0.2) is 23.5 Å². The van der Waals surface area contributed by atoms with E-state index >= 15 is 0 Å². The molecule has 2 aromatic heterocycles. The van der Waals surface area contributed by atoms with E-state index in [1.165, 1.54) is 25.4 Å². The Morgan fingerprint density at radius 2 is 1.70 bits per heavy atom. The number of halogens is 5. The van der Waals surface area contributed by atoms with Crippen LogP contribution < -0.4 is 26.0 Å². The molecule has 6 amide bonds. The smallest absolute Gasteiger partial charge is 0.416 e. The van der Waals surface area contributed by atoms with Crippen molar-refractivity contribution in [1.82, 2.24) is 25.5 Å². The van der Waals surface area contributed by atoms with Crippen molar-refractivity contribution in [2.24, 2.45) is 0 Å². The van der Waals surface area contributed by atoms with Crippen LogP contribution in [0.1, 0.15) is 95.9 Å². The fraction of sp³-hybridized carbons (Fsp3) is 0.395. The van der Waals surface area contributed by atoms with Gasteiger partial charge in [-0.1, -0.05) is 38.2 Å². The van der Waals surface area contributed by atoms with E-state index in [-0.39, 0.29) is 52.3 Å². The third-order valence-electron chi connectivity index (χ3n) is 9.56. The standard InChI is InChI=1S/C38H38F5N7O7/c1-20-24-16-21(39)17-25(40)31(24)57-30(20)32(38(41,42)43)49-37(55)47-22-18-45-36(46-19-22)44-14-7-5-3-2-4-6-8-15-56-27-11-9-10-23-29(27)35(54)50(34(23)53)26-12-13-28(51)48-33(26)52/h9-11,16-19,26,32H,2-8,12-15H2,1H3,(H,44,45,46)(H2,47,49,55)(H,48,51,52)/t26?,32-/m1/s1. The number of ether oxygens (including phenoxy) is 1. The highest BCUT2D eigenvalue weighted by atomic mass is 19.4.